The third-order valence-electron chi connectivity index (χ3n) is 3.61. The van der Waals surface area contributed by atoms with Crippen molar-refractivity contribution in [2.75, 3.05) is 19.7 Å². The van der Waals surface area contributed by atoms with Gasteiger partial charge in [0.2, 0.25) is 10.0 Å². The van der Waals surface area contributed by atoms with Gasteiger partial charge in [0.25, 0.3) is 5.91 Å². The van der Waals surface area contributed by atoms with E-state index in [2.05, 4.69) is 4.72 Å². The summed E-state index contributed by atoms with van der Waals surface area (Å²) >= 11 is 0. The molecule has 0 aromatic heterocycles. The molecule has 0 spiro atoms. The highest BCUT2D eigenvalue weighted by Crippen LogP contribution is 2.16. The highest BCUT2D eigenvalue weighted by molar-refractivity contribution is 7.89. The van der Waals surface area contributed by atoms with Gasteiger partial charge in [-0.25, -0.2) is 13.1 Å². The standard InChI is InChI=1S/C16H22N2O6S/c1-11(2)17-25(22,23)14-5-3-4-12(8-14)16(21)18-6-7-24-13(10-18)9-15(19)20/h3-5,8,11,13,17H,6-7,9-10H2,1-2H3,(H,19,20). The normalized spacial score (nSPS) is 18.4. The number of nitrogens with one attached hydrogen (secondary N) is 1. The second-order valence-corrected chi connectivity index (χ2v) is 7.86. The van der Waals surface area contributed by atoms with E-state index in [1.807, 2.05) is 0 Å². The summed E-state index contributed by atoms with van der Waals surface area (Å²) in [6.45, 7) is 4.16. The SMILES string of the molecule is CC(C)NS(=O)(=O)c1cccc(C(=O)N2CCOC(CC(=O)O)C2)c1. The van der Waals surface area contributed by atoms with E-state index in [4.69, 9.17) is 9.84 Å². The fraction of sp³-hybridized carbons (Fsp3) is 0.500. The molecule has 0 aliphatic carbocycles. The molecule has 0 bridgehead atoms. The van der Waals surface area contributed by atoms with Crippen molar-refractivity contribution in [3.05, 3.63) is 29.8 Å². The minimum Gasteiger partial charge on any atom is -0.481 e. The number of carboxylic acids is 1. The van der Waals surface area contributed by atoms with E-state index < -0.39 is 22.1 Å². The number of carbonyl (C=O) groups excluding carboxylic acids is 1. The number of carboxylic acid groups (broad SMARTS) is 1. The quantitative estimate of drug-likeness (QED) is 0.762. The van der Waals surface area contributed by atoms with Gasteiger partial charge in [0, 0.05) is 24.7 Å². The Kier molecular flexibility index (Phi) is 6.15. The van der Waals surface area contributed by atoms with Gasteiger partial charge in [0.1, 0.15) is 0 Å². The molecule has 1 aliphatic rings. The van der Waals surface area contributed by atoms with Gasteiger partial charge in [-0.3, -0.25) is 9.59 Å². The van der Waals surface area contributed by atoms with Crippen LogP contribution in [-0.4, -0.2) is 62.1 Å². The van der Waals surface area contributed by atoms with Gasteiger partial charge in [0.05, 0.1) is 24.0 Å². The number of hydrogen-bond donors (Lipinski definition) is 2. The van der Waals surface area contributed by atoms with Gasteiger partial charge >= 0.3 is 5.97 Å². The van der Waals surface area contributed by atoms with E-state index >= 15 is 0 Å². The Morgan fingerprint density at radius 3 is 2.76 bits per heavy atom. The third kappa shape index (κ3) is 5.25. The molecule has 0 radical (unpaired) electrons. The minimum absolute atomic E-state index is 0.0161. The largest absolute Gasteiger partial charge is 0.481 e. The molecule has 8 nitrogen and oxygen atoms in total. The molecule has 138 valence electrons. The molecular weight excluding hydrogens is 348 g/mol. The summed E-state index contributed by atoms with van der Waals surface area (Å²) in [7, 11) is -3.70. The van der Waals surface area contributed by atoms with Crippen LogP contribution in [0.5, 0.6) is 0 Å². The monoisotopic (exact) mass is 370 g/mol. The Morgan fingerprint density at radius 2 is 2.12 bits per heavy atom. The van der Waals surface area contributed by atoms with Crippen molar-refractivity contribution in [3.8, 4) is 0 Å². The number of carbonyl (C=O) groups is 2. The van der Waals surface area contributed by atoms with Crippen LogP contribution in [-0.2, 0) is 19.6 Å². The molecule has 1 aliphatic heterocycles. The van der Waals surface area contributed by atoms with Gasteiger partial charge in [-0.15, -0.1) is 0 Å². The van der Waals surface area contributed by atoms with Crippen LogP contribution < -0.4 is 4.72 Å². The topological polar surface area (TPSA) is 113 Å². The predicted octanol–water partition coefficient (Wildman–Crippen LogP) is 0.689. The number of sulfonamides is 1. The summed E-state index contributed by atoms with van der Waals surface area (Å²) in [5.41, 5.74) is 0.239. The van der Waals surface area contributed by atoms with E-state index in [-0.39, 0.29) is 42.0 Å². The molecule has 1 amide bonds. The number of morpholine rings is 1. The maximum atomic E-state index is 12.6. The number of ether oxygens (including phenoxy) is 1. The average Bonchev–Trinajstić information content (AvgIpc) is 2.53. The highest BCUT2D eigenvalue weighted by Gasteiger charge is 2.27. The van der Waals surface area contributed by atoms with Gasteiger partial charge in [-0.05, 0) is 32.0 Å². The summed E-state index contributed by atoms with van der Waals surface area (Å²) in [4.78, 5) is 24.9. The molecule has 1 fully saturated rings. The lowest BCUT2D eigenvalue weighted by molar-refractivity contribution is -0.141. The molecule has 9 heteroatoms. The number of hydrogen-bond acceptors (Lipinski definition) is 5. The first-order valence-corrected chi connectivity index (χ1v) is 9.42. The first-order valence-electron chi connectivity index (χ1n) is 7.94. The Labute approximate surface area is 146 Å². The van der Waals surface area contributed by atoms with E-state index in [0.717, 1.165) is 0 Å². The summed E-state index contributed by atoms with van der Waals surface area (Å²) in [6, 6.07) is 5.54. The van der Waals surface area contributed by atoms with Crippen LogP contribution in [0.15, 0.2) is 29.2 Å². The van der Waals surface area contributed by atoms with Crippen LogP contribution in [0.25, 0.3) is 0 Å². The van der Waals surface area contributed by atoms with E-state index in [9.17, 15) is 18.0 Å². The number of amides is 1. The van der Waals surface area contributed by atoms with Crippen molar-refractivity contribution in [1.82, 2.24) is 9.62 Å². The Bertz CT molecular complexity index is 747. The summed E-state index contributed by atoms with van der Waals surface area (Å²) in [5.74, 6) is -1.34. The van der Waals surface area contributed by atoms with Crippen molar-refractivity contribution < 1.29 is 27.9 Å². The molecular formula is C16H22N2O6S. The van der Waals surface area contributed by atoms with Gasteiger partial charge in [-0.1, -0.05) is 6.07 Å². The second kappa shape index (κ2) is 7.94. The number of nitrogens with zero attached hydrogens (tertiary/aromatic N) is 1. The van der Waals surface area contributed by atoms with Crippen molar-refractivity contribution >= 4 is 21.9 Å². The van der Waals surface area contributed by atoms with Crippen molar-refractivity contribution in [3.63, 3.8) is 0 Å². The second-order valence-electron chi connectivity index (χ2n) is 6.15. The number of benzene rings is 1. The van der Waals surface area contributed by atoms with E-state index in [0.29, 0.717) is 6.54 Å². The molecule has 2 N–H and O–H groups in total. The van der Waals surface area contributed by atoms with Gasteiger partial charge in [0.15, 0.2) is 0 Å². The lowest BCUT2D eigenvalue weighted by Crippen LogP contribution is -2.46. The summed E-state index contributed by atoms with van der Waals surface area (Å²) in [6.07, 6.45) is -0.749. The van der Waals surface area contributed by atoms with Crippen molar-refractivity contribution in [2.45, 2.75) is 37.3 Å². The first-order chi connectivity index (χ1) is 11.7. The zero-order chi connectivity index (χ0) is 18.6. The molecule has 2 rings (SSSR count). The van der Waals surface area contributed by atoms with Gasteiger partial charge in [-0.2, -0.15) is 0 Å². The van der Waals surface area contributed by atoms with Crippen LogP contribution >= 0.6 is 0 Å². The summed E-state index contributed by atoms with van der Waals surface area (Å²) < 4.78 is 32.3. The third-order valence-corrected chi connectivity index (χ3v) is 5.27. The number of rotatable bonds is 6. The molecule has 1 aromatic rings. The zero-order valence-corrected chi connectivity index (χ0v) is 15.0. The molecule has 1 unspecified atom stereocenters. The fourth-order valence-electron chi connectivity index (χ4n) is 2.58. The van der Waals surface area contributed by atoms with Crippen LogP contribution in [0.4, 0.5) is 0 Å². The fourth-order valence-corrected chi connectivity index (χ4v) is 3.88. The van der Waals surface area contributed by atoms with Crippen LogP contribution in [0, 0.1) is 0 Å². The lowest BCUT2D eigenvalue weighted by Gasteiger charge is -2.32. The van der Waals surface area contributed by atoms with Crippen LogP contribution in [0.2, 0.25) is 0 Å². The Balaban J connectivity index is 2.17. The maximum absolute atomic E-state index is 12.6. The molecule has 1 heterocycles. The Morgan fingerprint density at radius 1 is 1.40 bits per heavy atom. The van der Waals surface area contributed by atoms with Crippen LogP contribution in [0.1, 0.15) is 30.6 Å². The molecule has 0 saturated carbocycles. The van der Waals surface area contributed by atoms with Crippen LogP contribution in [0.3, 0.4) is 0 Å². The average molecular weight is 370 g/mol. The highest BCUT2D eigenvalue weighted by atomic mass is 32.2. The molecule has 1 atom stereocenters. The molecule has 1 aromatic carbocycles. The smallest absolute Gasteiger partial charge is 0.306 e. The maximum Gasteiger partial charge on any atom is 0.306 e. The minimum atomic E-state index is -3.70. The Hall–Kier alpha value is -1.97. The summed E-state index contributed by atoms with van der Waals surface area (Å²) in [5, 5.41) is 8.85. The van der Waals surface area contributed by atoms with Crippen molar-refractivity contribution in [2.24, 2.45) is 0 Å². The van der Waals surface area contributed by atoms with Crippen molar-refractivity contribution in [1.29, 1.82) is 0 Å². The number of aliphatic carboxylic acids is 1. The molecule has 1 saturated heterocycles. The predicted molar refractivity (Wildman–Crippen MR) is 89.8 cm³/mol. The molecule has 25 heavy (non-hydrogen) atoms. The lowest BCUT2D eigenvalue weighted by atomic mass is 10.1. The van der Waals surface area contributed by atoms with E-state index in [1.165, 1.54) is 23.1 Å². The first kappa shape index (κ1) is 19.4. The van der Waals surface area contributed by atoms with Gasteiger partial charge < -0.3 is 14.7 Å². The van der Waals surface area contributed by atoms with E-state index in [1.54, 1.807) is 19.9 Å². The zero-order valence-electron chi connectivity index (χ0n) is 14.1.